The van der Waals surface area contributed by atoms with E-state index < -0.39 is 12.0 Å². The molecule has 0 aromatic carbocycles. The van der Waals surface area contributed by atoms with Crippen LogP contribution in [0.1, 0.15) is 39.5 Å². The number of carbonyl (C=O) groups excluding carboxylic acids is 2. The molecule has 1 saturated heterocycles. The second-order valence-electron chi connectivity index (χ2n) is 5.57. The van der Waals surface area contributed by atoms with Crippen molar-refractivity contribution in [3.8, 4) is 0 Å². The molecular weight excluding hydrogens is 276 g/mol. The predicted molar refractivity (Wildman–Crippen MR) is 75.7 cm³/mol. The van der Waals surface area contributed by atoms with E-state index in [9.17, 15) is 14.4 Å². The van der Waals surface area contributed by atoms with Crippen LogP contribution in [-0.4, -0.2) is 59.6 Å². The minimum absolute atomic E-state index is 0.0747. The number of carboxylic acids is 1. The fourth-order valence-electron chi connectivity index (χ4n) is 2.42. The van der Waals surface area contributed by atoms with Crippen molar-refractivity contribution in [3.05, 3.63) is 0 Å². The summed E-state index contributed by atoms with van der Waals surface area (Å²) in [5, 5.41) is 11.9. The first kappa shape index (κ1) is 17.4. The van der Waals surface area contributed by atoms with E-state index in [1.54, 1.807) is 0 Å². The molecule has 1 fully saturated rings. The Kier molecular flexibility index (Phi) is 6.61. The quantitative estimate of drug-likeness (QED) is 0.708. The van der Waals surface area contributed by atoms with Gasteiger partial charge in [0.2, 0.25) is 11.8 Å². The molecule has 0 aliphatic carbocycles. The molecule has 0 radical (unpaired) electrons. The van der Waals surface area contributed by atoms with Crippen LogP contribution in [-0.2, 0) is 19.1 Å². The molecule has 0 aromatic rings. The van der Waals surface area contributed by atoms with Gasteiger partial charge in [0.25, 0.3) is 0 Å². The van der Waals surface area contributed by atoms with Gasteiger partial charge in [-0.25, -0.2) is 4.79 Å². The Balaban J connectivity index is 2.43. The van der Waals surface area contributed by atoms with Crippen LogP contribution in [0, 0.1) is 0 Å². The molecule has 1 rings (SSSR count). The highest BCUT2D eigenvalue weighted by atomic mass is 16.5. The average molecular weight is 300 g/mol. The van der Waals surface area contributed by atoms with Crippen LogP contribution in [0.5, 0.6) is 0 Å². The van der Waals surface area contributed by atoms with Crippen molar-refractivity contribution >= 4 is 17.8 Å². The number of carbonyl (C=O) groups is 3. The van der Waals surface area contributed by atoms with Crippen LogP contribution >= 0.6 is 0 Å². The van der Waals surface area contributed by atoms with E-state index in [0.29, 0.717) is 19.4 Å². The minimum Gasteiger partial charge on any atom is -0.480 e. The second-order valence-corrected chi connectivity index (χ2v) is 5.57. The van der Waals surface area contributed by atoms with Crippen LogP contribution in [0.4, 0.5) is 0 Å². The van der Waals surface area contributed by atoms with E-state index in [4.69, 9.17) is 9.84 Å². The van der Waals surface area contributed by atoms with Gasteiger partial charge < -0.3 is 20.1 Å². The summed E-state index contributed by atoms with van der Waals surface area (Å²) >= 11 is 0. The van der Waals surface area contributed by atoms with Crippen molar-refractivity contribution in [2.75, 3.05) is 13.7 Å². The van der Waals surface area contributed by atoms with Gasteiger partial charge in [-0.1, -0.05) is 0 Å². The van der Waals surface area contributed by atoms with Crippen LogP contribution in [0.3, 0.4) is 0 Å². The van der Waals surface area contributed by atoms with E-state index in [1.165, 1.54) is 12.0 Å². The molecule has 1 aliphatic rings. The maximum Gasteiger partial charge on any atom is 0.326 e. The number of likely N-dealkylation sites (tertiary alicyclic amines) is 1. The molecule has 2 unspecified atom stereocenters. The number of carboxylic acid groups (broad SMARTS) is 1. The maximum atomic E-state index is 12.1. The van der Waals surface area contributed by atoms with E-state index in [2.05, 4.69) is 5.32 Å². The number of rotatable bonds is 7. The molecule has 0 saturated carbocycles. The lowest BCUT2D eigenvalue weighted by Crippen LogP contribution is -2.40. The number of nitrogens with zero attached hydrogens (tertiary/aromatic N) is 1. The summed E-state index contributed by atoms with van der Waals surface area (Å²) in [6.45, 7) is 4.04. The summed E-state index contributed by atoms with van der Waals surface area (Å²) in [4.78, 5) is 36.1. The van der Waals surface area contributed by atoms with Gasteiger partial charge in [-0.3, -0.25) is 9.59 Å². The summed E-state index contributed by atoms with van der Waals surface area (Å²) in [5.41, 5.74) is 0. The van der Waals surface area contributed by atoms with Crippen LogP contribution in [0.15, 0.2) is 0 Å². The van der Waals surface area contributed by atoms with E-state index >= 15 is 0 Å². The SMILES string of the molecule is COC1CC(C(=O)O)N(C(=O)CCCC(=O)NC(C)C)C1. The largest absolute Gasteiger partial charge is 0.480 e. The fourth-order valence-corrected chi connectivity index (χ4v) is 2.42. The Bertz CT molecular complexity index is 397. The smallest absolute Gasteiger partial charge is 0.326 e. The zero-order valence-electron chi connectivity index (χ0n) is 12.8. The second kappa shape index (κ2) is 7.97. The lowest BCUT2D eigenvalue weighted by atomic mass is 10.1. The van der Waals surface area contributed by atoms with Crippen molar-refractivity contribution in [2.45, 2.75) is 57.7 Å². The van der Waals surface area contributed by atoms with Crippen molar-refractivity contribution < 1.29 is 24.2 Å². The summed E-state index contributed by atoms with van der Waals surface area (Å²) < 4.78 is 5.14. The highest BCUT2D eigenvalue weighted by Gasteiger charge is 2.39. The molecule has 0 bridgehead atoms. The Hall–Kier alpha value is -1.63. The highest BCUT2D eigenvalue weighted by Crippen LogP contribution is 2.21. The van der Waals surface area contributed by atoms with Crippen molar-refractivity contribution in [3.63, 3.8) is 0 Å². The number of aliphatic carboxylic acids is 1. The zero-order valence-corrected chi connectivity index (χ0v) is 12.8. The summed E-state index contributed by atoms with van der Waals surface area (Å²) in [6.07, 6.45) is 0.928. The fraction of sp³-hybridized carbons (Fsp3) is 0.786. The van der Waals surface area contributed by atoms with Gasteiger partial charge in [-0.2, -0.15) is 0 Å². The van der Waals surface area contributed by atoms with Gasteiger partial charge in [-0.15, -0.1) is 0 Å². The number of methoxy groups -OCH3 is 1. The first-order valence-corrected chi connectivity index (χ1v) is 7.19. The Labute approximate surface area is 124 Å². The molecule has 21 heavy (non-hydrogen) atoms. The van der Waals surface area contributed by atoms with Gasteiger partial charge in [0.1, 0.15) is 6.04 Å². The molecule has 0 spiro atoms. The number of nitrogens with one attached hydrogen (secondary N) is 1. The number of ether oxygens (including phenoxy) is 1. The molecule has 0 aromatic heterocycles. The molecule has 7 heteroatoms. The van der Waals surface area contributed by atoms with Crippen molar-refractivity contribution in [1.82, 2.24) is 10.2 Å². The number of hydrogen-bond donors (Lipinski definition) is 2. The lowest BCUT2D eigenvalue weighted by molar-refractivity contribution is -0.148. The Morgan fingerprint density at radius 2 is 2.00 bits per heavy atom. The minimum atomic E-state index is -1.01. The first-order chi connectivity index (χ1) is 9.85. The first-order valence-electron chi connectivity index (χ1n) is 7.19. The molecule has 120 valence electrons. The third-order valence-corrected chi connectivity index (χ3v) is 3.45. The Morgan fingerprint density at radius 3 is 2.52 bits per heavy atom. The summed E-state index contributed by atoms with van der Waals surface area (Å²) in [5.74, 6) is -1.34. The highest BCUT2D eigenvalue weighted by molar-refractivity contribution is 5.85. The third kappa shape index (κ3) is 5.34. The van der Waals surface area contributed by atoms with E-state index in [-0.39, 0.29) is 36.8 Å². The van der Waals surface area contributed by atoms with Crippen LogP contribution in [0.2, 0.25) is 0 Å². The molecule has 2 N–H and O–H groups in total. The predicted octanol–water partition coefficient (Wildman–Crippen LogP) is 0.382. The number of amides is 2. The van der Waals surface area contributed by atoms with Crippen LogP contribution in [0.25, 0.3) is 0 Å². The van der Waals surface area contributed by atoms with E-state index in [0.717, 1.165) is 0 Å². The topological polar surface area (TPSA) is 95.9 Å². The standard InChI is InChI=1S/C14H24N2O5/c1-9(2)15-12(17)5-4-6-13(18)16-8-10(21-3)7-11(16)14(19)20/h9-11H,4-8H2,1-3H3,(H,15,17)(H,19,20). The van der Waals surface area contributed by atoms with E-state index in [1.807, 2.05) is 13.8 Å². The molecule has 2 amide bonds. The van der Waals surface area contributed by atoms with Crippen LogP contribution < -0.4 is 5.32 Å². The summed E-state index contributed by atoms with van der Waals surface area (Å²) in [7, 11) is 1.51. The zero-order chi connectivity index (χ0) is 16.0. The van der Waals surface area contributed by atoms with Gasteiger partial charge in [-0.05, 0) is 20.3 Å². The van der Waals surface area contributed by atoms with Crippen molar-refractivity contribution in [2.24, 2.45) is 0 Å². The van der Waals surface area contributed by atoms with Gasteiger partial charge in [0.05, 0.1) is 6.10 Å². The third-order valence-electron chi connectivity index (χ3n) is 3.45. The van der Waals surface area contributed by atoms with Crippen molar-refractivity contribution in [1.29, 1.82) is 0 Å². The summed E-state index contributed by atoms with van der Waals surface area (Å²) in [6, 6.07) is -0.752. The molecule has 1 heterocycles. The maximum absolute atomic E-state index is 12.1. The average Bonchev–Trinajstić information content (AvgIpc) is 2.82. The van der Waals surface area contributed by atoms with Gasteiger partial charge in [0.15, 0.2) is 0 Å². The lowest BCUT2D eigenvalue weighted by Gasteiger charge is -2.21. The Morgan fingerprint density at radius 1 is 1.33 bits per heavy atom. The molecular formula is C14H24N2O5. The molecule has 7 nitrogen and oxygen atoms in total. The molecule has 2 atom stereocenters. The molecule has 1 aliphatic heterocycles. The monoisotopic (exact) mass is 300 g/mol. The normalized spacial score (nSPS) is 21.6. The number of hydrogen-bond acceptors (Lipinski definition) is 4. The van der Waals surface area contributed by atoms with Gasteiger partial charge in [0, 0.05) is 39.0 Å². The van der Waals surface area contributed by atoms with Gasteiger partial charge >= 0.3 is 5.97 Å².